The molecule has 0 fully saturated rings. The van der Waals surface area contributed by atoms with Gasteiger partial charge in [-0.05, 0) is 24.3 Å². The van der Waals surface area contributed by atoms with E-state index in [4.69, 9.17) is 0 Å². The molecule has 0 bridgehead atoms. The molecular weight excluding hydrogens is 297 g/mol. The summed E-state index contributed by atoms with van der Waals surface area (Å²) in [4.78, 5) is 14.7. The lowest BCUT2D eigenvalue weighted by molar-refractivity contribution is -0.140. The maximum atomic E-state index is 13.3. The smallest absolute Gasteiger partial charge is 0.334 e. The Morgan fingerprint density at radius 3 is 2.57 bits per heavy atom. The number of aromatic nitrogens is 2. The summed E-state index contributed by atoms with van der Waals surface area (Å²) in [5.41, 5.74) is -0.739. The summed E-state index contributed by atoms with van der Waals surface area (Å²) >= 11 is 0. The molecule has 0 radical (unpaired) electrons. The minimum absolute atomic E-state index is 0.309. The molecule has 2 rings (SSSR count). The van der Waals surface area contributed by atoms with E-state index in [9.17, 15) is 26.7 Å². The second-order valence-corrected chi connectivity index (χ2v) is 4.06. The SMILES string of the molecule is O=C(Nc1ccc(F)nc1F)c1cccn1CC(F)(F)F. The third kappa shape index (κ3) is 3.77. The average molecular weight is 305 g/mol. The molecule has 0 aliphatic heterocycles. The van der Waals surface area contributed by atoms with Crippen molar-refractivity contribution in [3.63, 3.8) is 0 Å². The minimum Gasteiger partial charge on any atom is -0.334 e. The van der Waals surface area contributed by atoms with E-state index in [-0.39, 0.29) is 5.69 Å². The number of anilines is 1. The molecule has 112 valence electrons. The van der Waals surface area contributed by atoms with Gasteiger partial charge in [-0.1, -0.05) is 0 Å². The third-order valence-corrected chi connectivity index (χ3v) is 2.47. The molecule has 4 nitrogen and oxygen atoms in total. The largest absolute Gasteiger partial charge is 0.406 e. The lowest BCUT2D eigenvalue weighted by Gasteiger charge is -2.12. The normalized spacial score (nSPS) is 11.5. The monoisotopic (exact) mass is 305 g/mol. The highest BCUT2D eigenvalue weighted by atomic mass is 19.4. The zero-order valence-corrected chi connectivity index (χ0v) is 10.3. The lowest BCUT2D eigenvalue weighted by atomic mass is 10.3. The highest BCUT2D eigenvalue weighted by molar-refractivity contribution is 6.03. The molecule has 0 aliphatic carbocycles. The zero-order valence-electron chi connectivity index (χ0n) is 10.3. The van der Waals surface area contributed by atoms with E-state index >= 15 is 0 Å². The number of carbonyl (C=O) groups excluding carboxylic acids is 1. The summed E-state index contributed by atoms with van der Waals surface area (Å²) in [7, 11) is 0. The number of hydrogen-bond acceptors (Lipinski definition) is 2. The first-order valence-corrected chi connectivity index (χ1v) is 5.61. The Morgan fingerprint density at radius 1 is 1.24 bits per heavy atom. The van der Waals surface area contributed by atoms with E-state index in [0.717, 1.165) is 24.4 Å². The molecule has 0 atom stereocenters. The number of carbonyl (C=O) groups is 1. The van der Waals surface area contributed by atoms with E-state index in [2.05, 4.69) is 4.98 Å². The van der Waals surface area contributed by atoms with E-state index in [1.165, 1.54) is 6.07 Å². The van der Waals surface area contributed by atoms with Gasteiger partial charge in [0.15, 0.2) is 0 Å². The zero-order chi connectivity index (χ0) is 15.6. The van der Waals surface area contributed by atoms with Crippen LogP contribution in [0.1, 0.15) is 10.5 Å². The van der Waals surface area contributed by atoms with Gasteiger partial charge in [0.05, 0.1) is 5.69 Å². The fraction of sp³-hybridized carbons (Fsp3) is 0.167. The fourth-order valence-electron chi connectivity index (χ4n) is 1.64. The number of rotatable bonds is 3. The van der Waals surface area contributed by atoms with Crippen LogP contribution < -0.4 is 5.32 Å². The van der Waals surface area contributed by atoms with Crippen molar-refractivity contribution in [2.24, 2.45) is 0 Å². The van der Waals surface area contributed by atoms with Crippen LogP contribution in [0, 0.1) is 11.9 Å². The molecule has 2 aromatic heterocycles. The summed E-state index contributed by atoms with van der Waals surface area (Å²) < 4.78 is 63.6. The van der Waals surface area contributed by atoms with Gasteiger partial charge < -0.3 is 9.88 Å². The van der Waals surface area contributed by atoms with Crippen LogP contribution in [0.15, 0.2) is 30.5 Å². The van der Waals surface area contributed by atoms with E-state index in [1.807, 2.05) is 5.32 Å². The minimum atomic E-state index is -4.50. The lowest BCUT2D eigenvalue weighted by Crippen LogP contribution is -2.23. The van der Waals surface area contributed by atoms with Gasteiger partial charge in [0, 0.05) is 6.20 Å². The molecule has 1 amide bonds. The second-order valence-electron chi connectivity index (χ2n) is 4.06. The molecule has 9 heteroatoms. The van der Waals surface area contributed by atoms with Gasteiger partial charge in [-0.15, -0.1) is 0 Å². The van der Waals surface area contributed by atoms with E-state index in [0.29, 0.717) is 4.57 Å². The average Bonchev–Trinajstić information content (AvgIpc) is 2.78. The van der Waals surface area contributed by atoms with Crippen LogP contribution in [-0.2, 0) is 6.54 Å². The molecule has 0 aliphatic rings. The molecule has 2 heterocycles. The van der Waals surface area contributed by atoms with Crippen LogP contribution in [0.5, 0.6) is 0 Å². The Hall–Kier alpha value is -2.45. The molecule has 2 aromatic rings. The standard InChI is InChI=1S/C12H8F5N3O/c13-9-4-3-7(10(14)19-9)18-11(21)8-2-1-5-20(8)6-12(15,16)17/h1-5H,6H2,(H,18,21). The first kappa shape index (κ1) is 14.9. The van der Waals surface area contributed by atoms with Gasteiger partial charge in [-0.3, -0.25) is 4.79 Å². The maximum Gasteiger partial charge on any atom is 0.406 e. The molecule has 0 unspecified atom stereocenters. The van der Waals surface area contributed by atoms with Crippen molar-refractivity contribution in [2.45, 2.75) is 12.7 Å². The maximum absolute atomic E-state index is 13.3. The van der Waals surface area contributed by atoms with Crippen molar-refractivity contribution in [1.29, 1.82) is 0 Å². The molecule has 0 aromatic carbocycles. The van der Waals surface area contributed by atoms with Crippen LogP contribution in [-0.4, -0.2) is 21.6 Å². The van der Waals surface area contributed by atoms with Crippen molar-refractivity contribution in [2.75, 3.05) is 5.32 Å². The summed E-state index contributed by atoms with van der Waals surface area (Å²) in [6.45, 7) is -1.35. The summed E-state index contributed by atoms with van der Waals surface area (Å²) in [6.07, 6.45) is -3.43. The summed E-state index contributed by atoms with van der Waals surface area (Å²) in [5, 5.41) is 2.03. The molecule has 0 saturated heterocycles. The van der Waals surface area contributed by atoms with Gasteiger partial charge >= 0.3 is 6.18 Å². The number of hydrogen-bond donors (Lipinski definition) is 1. The van der Waals surface area contributed by atoms with Gasteiger partial charge in [0.25, 0.3) is 5.91 Å². The number of amides is 1. The number of halogens is 5. The van der Waals surface area contributed by atoms with Crippen LogP contribution in [0.3, 0.4) is 0 Å². The highest BCUT2D eigenvalue weighted by Crippen LogP contribution is 2.20. The predicted octanol–water partition coefficient (Wildman–Crippen LogP) is 2.98. The van der Waals surface area contributed by atoms with Gasteiger partial charge in [-0.25, -0.2) is 0 Å². The first-order chi connectivity index (χ1) is 9.76. The van der Waals surface area contributed by atoms with Crippen LogP contribution >= 0.6 is 0 Å². The number of alkyl halides is 3. The Kier molecular flexibility index (Phi) is 3.92. The highest BCUT2D eigenvalue weighted by Gasteiger charge is 2.29. The molecular formula is C12H8F5N3O. The van der Waals surface area contributed by atoms with Crippen LogP contribution in [0.4, 0.5) is 27.6 Å². The quantitative estimate of drug-likeness (QED) is 0.700. The third-order valence-electron chi connectivity index (χ3n) is 2.47. The number of nitrogens with zero attached hydrogens (tertiary/aromatic N) is 2. The van der Waals surface area contributed by atoms with Crippen molar-refractivity contribution >= 4 is 11.6 Å². The van der Waals surface area contributed by atoms with Crippen molar-refractivity contribution < 1.29 is 26.7 Å². The Morgan fingerprint density at radius 2 is 1.95 bits per heavy atom. The van der Waals surface area contributed by atoms with Crippen molar-refractivity contribution in [3.05, 3.63) is 48.1 Å². The van der Waals surface area contributed by atoms with Gasteiger partial charge in [0.2, 0.25) is 11.9 Å². The summed E-state index contributed by atoms with van der Waals surface area (Å²) in [6, 6.07) is 4.13. The van der Waals surface area contributed by atoms with Gasteiger partial charge in [0.1, 0.15) is 12.2 Å². The fourth-order valence-corrected chi connectivity index (χ4v) is 1.64. The second kappa shape index (κ2) is 5.51. The molecule has 0 spiro atoms. The Balaban J connectivity index is 2.19. The molecule has 0 saturated carbocycles. The van der Waals surface area contributed by atoms with Crippen LogP contribution in [0.25, 0.3) is 0 Å². The van der Waals surface area contributed by atoms with E-state index < -0.39 is 36.2 Å². The van der Waals surface area contributed by atoms with E-state index in [1.54, 1.807) is 0 Å². The van der Waals surface area contributed by atoms with Crippen molar-refractivity contribution in [3.8, 4) is 0 Å². The molecule has 21 heavy (non-hydrogen) atoms. The Bertz CT molecular complexity index is 665. The van der Waals surface area contributed by atoms with Crippen molar-refractivity contribution in [1.82, 2.24) is 9.55 Å². The predicted molar refractivity (Wildman–Crippen MR) is 62.6 cm³/mol. The Labute approximate surface area is 115 Å². The molecule has 1 N–H and O–H groups in total. The summed E-state index contributed by atoms with van der Waals surface area (Å²) in [5.74, 6) is -3.31. The first-order valence-electron chi connectivity index (χ1n) is 5.61. The number of nitrogens with one attached hydrogen (secondary N) is 1. The topological polar surface area (TPSA) is 46.9 Å². The van der Waals surface area contributed by atoms with Crippen LogP contribution in [0.2, 0.25) is 0 Å². The van der Waals surface area contributed by atoms with Gasteiger partial charge in [-0.2, -0.15) is 26.9 Å². The number of pyridine rings is 1.